The van der Waals surface area contributed by atoms with E-state index in [0.717, 1.165) is 10.8 Å². The fraction of sp³-hybridized carbons (Fsp3) is 0.0526. The summed E-state index contributed by atoms with van der Waals surface area (Å²) in [7, 11) is 0. The molecule has 0 N–H and O–H groups in total. The van der Waals surface area contributed by atoms with Gasteiger partial charge in [-0.2, -0.15) is 0 Å². The fourth-order valence-electron chi connectivity index (χ4n) is 2.46. The van der Waals surface area contributed by atoms with Gasteiger partial charge in [0.2, 0.25) is 0 Å². The molecule has 0 atom stereocenters. The number of carbonyl (C=O) groups is 2. The van der Waals surface area contributed by atoms with Gasteiger partial charge in [0.15, 0.2) is 11.6 Å². The van der Waals surface area contributed by atoms with Gasteiger partial charge in [0.25, 0.3) is 0 Å². The second-order valence-corrected chi connectivity index (χ2v) is 4.99. The van der Waals surface area contributed by atoms with Crippen LogP contribution in [0.3, 0.4) is 0 Å². The topological polar surface area (TPSA) is 34.1 Å². The summed E-state index contributed by atoms with van der Waals surface area (Å²) in [4.78, 5) is 24.2. The van der Waals surface area contributed by atoms with Crippen LogP contribution in [0.25, 0.3) is 10.8 Å². The first-order chi connectivity index (χ1) is 10.2. The van der Waals surface area contributed by atoms with Crippen molar-refractivity contribution in [1.82, 2.24) is 0 Å². The predicted octanol–water partition coefficient (Wildman–Crippen LogP) is 4.27. The van der Waals surface area contributed by atoms with Gasteiger partial charge in [-0.1, -0.05) is 60.7 Å². The summed E-state index contributed by atoms with van der Waals surface area (Å²) in [6, 6.07) is 20.4. The number of carbonyl (C=O) groups excluding carboxylic acids is 2. The van der Waals surface area contributed by atoms with Gasteiger partial charge >= 0.3 is 0 Å². The number of benzene rings is 3. The van der Waals surface area contributed by atoms with Crippen LogP contribution >= 0.6 is 0 Å². The maximum Gasteiger partial charge on any atom is 0.193 e. The molecule has 3 aromatic carbocycles. The van der Waals surface area contributed by atoms with Crippen molar-refractivity contribution in [3.63, 3.8) is 0 Å². The predicted molar refractivity (Wildman–Crippen MR) is 83.8 cm³/mol. The molecule has 0 saturated carbocycles. The molecule has 3 aromatic rings. The zero-order valence-electron chi connectivity index (χ0n) is 11.7. The van der Waals surface area contributed by atoms with Crippen LogP contribution in [0.15, 0.2) is 66.7 Å². The molecule has 0 aromatic heterocycles. The van der Waals surface area contributed by atoms with E-state index in [1.807, 2.05) is 42.5 Å². The summed E-state index contributed by atoms with van der Waals surface area (Å²) in [5, 5.41) is 1.96. The number of ketones is 2. The molecular formula is C19H14O2. The van der Waals surface area contributed by atoms with E-state index in [-0.39, 0.29) is 11.6 Å². The van der Waals surface area contributed by atoms with E-state index in [0.29, 0.717) is 16.7 Å². The maximum atomic E-state index is 12.7. The minimum Gasteiger partial charge on any atom is -0.295 e. The molecule has 0 aliphatic rings. The second-order valence-electron chi connectivity index (χ2n) is 4.99. The smallest absolute Gasteiger partial charge is 0.193 e. The van der Waals surface area contributed by atoms with E-state index in [1.54, 1.807) is 24.3 Å². The highest BCUT2D eigenvalue weighted by Gasteiger charge is 2.13. The first-order valence-electron chi connectivity index (χ1n) is 6.80. The molecule has 0 aliphatic carbocycles. The van der Waals surface area contributed by atoms with Crippen molar-refractivity contribution in [1.29, 1.82) is 0 Å². The van der Waals surface area contributed by atoms with Crippen LogP contribution in [0.5, 0.6) is 0 Å². The number of hydrogen-bond acceptors (Lipinski definition) is 2. The Morgan fingerprint density at radius 1 is 0.762 bits per heavy atom. The summed E-state index contributed by atoms with van der Waals surface area (Å²) in [5.74, 6) is -0.0996. The average Bonchev–Trinajstić information content (AvgIpc) is 2.53. The summed E-state index contributed by atoms with van der Waals surface area (Å²) in [6.07, 6.45) is 0. The summed E-state index contributed by atoms with van der Waals surface area (Å²) in [6.45, 7) is 1.50. The highest BCUT2D eigenvalue weighted by Crippen LogP contribution is 2.21. The summed E-state index contributed by atoms with van der Waals surface area (Å²) >= 11 is 0. The van der Waals surface area contributed by atoms with Crippen LogP contribution in [-0.4, -0.2) is 11.6 Å². The maximum absolute atomic E-state index is 12.7. The molecule has 0 heterocycles. The number of hydrogen-bond donors (Lipinski definition) is 0. The Morgan fingerprint density at radius 2 is 1.43 bits per heavy atom. The average molecular weight is 274 g/mol. The van der Waals surface area contributed by atoms with E-state index in [9.17, 15) is 9.59 Å². The third-order valence-corrected chi connectivity index (χ3v) is 3.57. The number of fused-ring (bicyclic) bond motifs is 1. The standard InChI is InChI=1S/C19H14O2/c1-13(20)15-8-4-9-16(12-15)19(21)18-11-5-7-14-6-2-3-10-17(14)18/h2-12H,1H3. The Bertz CT molecular complexity index is 842. The molecule has 0 amide bonds. The Kier molecular flexibility index (Phi) is 3.36. The lowest BCUT2D eigenvalue weighted by molar-refractivity contribution is 0.101. The Morgan fingerprint density at radius 3 is 2.24 bits per heavy atom. The SMILES string of the molecule is CC(=O)c1cccc(C(=O)c2cccc3ccccc23)c1. The van der Waals surface area contributed by atoms with Crippen molar-refractivity contribution < 1.29 is 9.59 Å². The highest BCUT2D eigenvalue weighted by atomic mass is 16.1. The van der Waals surface area contributed by atoms with Crippen LogP contribution < -0.4 is 0 Å². The number of Topliss-reactive ketones (excluding diaryl/α,β-unsaturated/α-hetero) is 1. The van der Waals surface area contributed by atoms with Gasteiger partial charge in [0, 0.05) is 16.7 Å². The minimum atomic E-state index is -0.0603. The fourth-order valence-corrected chi connectivity index (χ4v) is 2.46. The lowest BCUT2D eigenvalue weighted by Gasteiger charge is -2.06. The number of rotatable bonds is 3. The zero-order chi connectivity index (χ0) is 14.8. The Balaban J connectivity index is 2.13. The molecule has 0 unspecified atom stereocenters. The van der Waals surface area contributed by atoms with Crippen LogP contribution in [0.1, 0.15) is 33.2 Å². The van der Waals surface area contributed by atoms with Crippen LogP contribution in [-0.2, 0) is 0 Å². The molecule has 3 rings (SSSR count). The normalized spacial score (nSPS) is 10.5. The molecule has 0 radical (unpaired) electrons. The van der Waals surface area contributed by atoms with Gasteiger partial charge in [-0.25, -0.2) is 0 Å². The van der Waals surface area contributed by atoms with Gasteiger partial charge in [0.1, 0.15) is 0 Å². The van der Waals surface area contributed by atoms with Crippen LogP contribution in [0.2, 0.25) is 0 Å². The summed E-state index contributed by atoms with van der Waals surface area (Å²) < 4.78 is 0. The molecule has 0 aliphatic heterocycles. The Labute approximate surface area is 123 Å². The van der Waals surface area contributed by atoms with Crippen LogP contribution in [0.4, 0.5) is 0 Å². The second kappa shape index (κ2) is 5.33. The Hall–Kier alpha value is -2.74. The van der Waals surface area contributed by atoms with E-state index < -0.39 is 0 Å². The zero-order valence-corrected chi connectivity index (χ0v) is 11.7. The van der Waals surface area contributed by atoms with Gasteiger partial charge < -0.3 is 0 Å². The lowest BCUT2D eigenvalue weighted by atomic mass is 9.96. The van der Waals surface area contributed by atoms with Crippen molar-refractivity contribution in [2.75, 3.05) is 0 Å². The van der Waals surface area contributed by atoms with Gasteiger partial charge in [-0.3, -0.25) is 9.59 Å². The quantitative estimate of drug-likeness (QED) is 0.668. The highest BCUT2D eigenvalue weighted by molar-refractivity contribution is 6.17. The first-order valence-corrected chi connectivity index (χ1v) is 6.80. The van der Waals surface area contributed by atoms with Gasteiger partial charge in [-0.15, -0.1) is 0 Å². The summed E-state index contributed by atoms with van der Waals surface area (Å²) in [5.41, 5.74) is 1.76. The van der Waals surface area contributed by atoms with Gasteiger partial charge in [-0.05, 0) is 23.8 Å². The molecule has 102 valence electrons. The van der Waals surface area contributed by atoms with Crippen molar-refractivity contribution in [2.24, 2.45) is 0 Å². The van der Waals surface area contributed by atoms with Crippen molar-refractivity contribution in [2.45, 2.75) is 6.92 Å². The molecule has 0 spiro atoms. The van der Waals surface area contributed by atoms with Crippen molar-refractivity contribution in [3.8, 4) is 0 Å². The largest absolute Gasteiger partial charge is 0.295 e. The monoisotopic (exact) mass is 274 g/mol. The van der Waals surface area contributed by atoms with E-state index >= 15 is 0 Å². The molecule has 0 saturated heterocycles. The minimum absolute atomic E-state index is 0.0393. The third-order valence-electron chi connectivity index (χ3n) is 3.57. The molecule has 2 nitrogen and oxygen atoms in total. The molecule has 0 bridgehead atoms. The molecule has 21 heavy (non-hydrogen) atoms. The molecule has 0 fully saturated rings. The molecule has 2 heteroatoms. The van der Waals surface area contributed by atoms with E-state index in [2.05, 4.69) is 0 Å². The van der Waals surface area contributed by atoms with E-state index in [4.69, 9.17) is 0 Å². The first kappa shape index (κ1) is 13.3. The van der Waals surface area contributed by atoms with E-state index in [1.165, 1.54) is 6.92 Å². The van der Waals surface area contributed by atoms with Gasteiger partial charge in [0.05, 0.1) is 0 Å². The van der Waals surface area contributed by atoms with Crippen molar-refractivity contribution in [3.05, 3.63) is 83.4 Å². The third kappa shape index (κ3) is 2.48. The molecular weight excluding hydrogens is 260 g/mol. The van der Waals surface area contributed by atoms with Crippen molar-refractivity contribution >= 4 is 22.3 Å². The lowest BCUT2D eigenvalue weighted by Crippen LogP contribution is -2.04. The van der Waals surface area contributed by atoms with Crippen LogP contribution in [0, 0.1) is 0 Å².